The molecular weight excluding hydrogens is 262 g/mol. The van der Waals surface area contributed by atoms with Gasteiger partial charge in [-0.25, -0.2) is 0 Å². The lowest BCUT2D eigenvalue weighted by molar-refractivity contribution is -0.138. The molecule has 0 bridgehead atoms. The number of hydrogen-bond donors (Lipinski definition) is 1. The number of benzene rings is 1. The van der Waals surface area contributed by atoms with E-state index in [0.717, 1.165) is 24.0 Å². The number of pyridine rings is 1. The van der Waals surface area contributed by atoms with Crippen LogP contribution in [0, 0.1) is 0 Å². The minimum absolute atomic E-state index is 0.488. The van der Waals surface area contributed by atoms with Crippen molar-refractivity contribution in [1.82, 2.24) is 4.98 Å². The molecule has 3 nitrogen and oxygen atoms in total. The van der Waals surface area contributed by atoms with E-state index in [0.29, 0.717) is 6.42 Å². The molecule has 1 unspecified atom stereocenters. The summed E-state index contributed by atoms with van der Waals surface area (Å²) in [5.74, 6) is -1.27. The third-order valence-electron chi connectivity index (χ3n) is 4.24. The third kappa shape index (κ3) is 3.13. The second-order valence-corrected chi connectivity index (χ2v) is 5.69. The van der Waals surface area contributed by atoms with Gasteiger partial charge >= 0.3 is 5.97 Å². The zero-order valence-corrected chi connectivity index (χ0v) is 12.0. The quantitative estimate of drug-likeness (QED) is 0.934. The van der Waals surface area contributed by atoms with E-state index in [4.69, 9.17) is 0 Å². The Kier molecular flexibility index (Phi) is 4.00. The van der Waals surface area contributed by atoms with E-state index in [-0.39, 0.29) is 0 Å². The number of carbonyl (C=O) groups is 1. The normalized spacial score (nSPS) is 15.2. The fourth-order valence-electron chi connectivity index (χ4n) is 3.07. The second-order valence-electron chi connectivity index (χ2n) is 5.69. The van der Waals surface area contributed by atoms with Crippen LogP contribution in [0.4, 0.5) is 0 Å². The summed E-state index contributed by atoms with van der Waals surface area (Å²) in [7, 11) is 0. The average molecular weight is 281 g/mol. The first kappa shape index (κ1) is 13.8. The molecule has 0 saturated heterocycles. The molecule has 1 aliphatic rings. The predicted molar refractivity (Wildman–Crippen MR) is 81.4 cm³/mol. The molecule has 0 spiro atoms. The summed E-state index contributed by atoms with van der Waals surface area (Å²) in [5.41, 5.74) is 4.58. The first-order chi connectivity index (χ1) is 10.2. The maximum atomic E-state index is 11.7. The number of carboxylic acid groups (broad SMARTS) is 1. The maximum absolute atomic E-state index is 11.7. The Balaban J connectivity index is 1.89. The van der Waals surface area contributed by atoms with Crippen LogP contribution in [-0.4, -0.2) is 16.1 Å². The van der Waals surface area contributed by atoms with Crippen molar-refractivity contribution in [2.75, 3.05) is 0 Å². The minimum atomic E-state index is -0.769. The Bertz CT molecular complexity index is 637. The molecule has 2 aromatic rings. The molecule has 0 aliphatic heterocycles. The summed E-state index contributed by atoms with van der Waals surface area (Å²) >= 11 is 0. The van der Waals surface area contributed by atoms with Gasteiger partial charge in [0.25, 0.3) is 0 Å². The number of hydrogen-bond acceptors (Lipinski definition) is 2. The molecule has 21 heavy (non-hydrogen) atoms. The number of carboxylic acids is 1. The highest BCUT2D eigenvalue weighted by Crippen LogP contribution is 2.27. The van der Waals surface area contributed by atoms with Gasteiger partial charge in [0.1, 0.15) is 0 Å². The van der Waals surface area contributed by atoms with Crippen LogP contribution in [0.3, 0.4) is 0 Å². The summed E-state index contributed by atoms with van der Waals surface area (Å²) in [6.45, 7) is 0. The van der Waals surface area contributed by atoms with Crippen LogP contribution in [0.2, 0.25) is 0 Å². The Labute approximate surface area is 124 Å². The minimum Gasteiger partial charge on any atom is -0.481 e. The molecule has 1 aromatic carbocycles. The van der Waals surface area contributed by atoms with E-state index in [2.05, 4.69) is 17.1 Å². The van der Waals surface area contributed by atoms with Crippen LogP contribution in [0.25, 0.3) is 0 Å². The van der Waals surface area contributed by atoms with Crippen LogP contribution in [0.15, 0.2) is 42.7 Å². The molecule has 0 fully saturated rings. The standard InChI is InChI=1S/C18H19NO2/c20-18(21)17(10-13-4-3-9-19-12-13)16-8-7-14-5-1-2-6-15(14)11-16/h3-4,7-9,11-12,17H,1-2,5-6,10H2,(H,20,21). The highest BCUT2D eigenvalue weighted by Gasteiger charge is 2.22. The molecule has 1 atom stereocenters. The number of aryl methyl sites for hydroxylation is 2. The van der Waals surface area contributed by atoms with Gasteiger partial charge in [0.2, 0.25) is 0 Å². The lowest BCUT2D eigenvalue weighted by Gasteiger charge is -2.19. The summed E-state index contributed by atoms with van der Waals surface area (Å²) < 4.78 is 0. The Morgan fingerprint density at radius 1 is 1.19 bits per heavy atom. The fourth-order valence-corrected chi connectivity index (χ4v) is 3.07. The Hall–Kier alpha value is -2.16. The van der Waals surface area contributed by atoms with E-state index >= 15 is 0 Å². The number of aromatic nitrogens is 1. The van der Waals surface area contributed by atoms with Gasteiger partial charge in [-0.15, -0.1) is 0 Å². The second kappa shape index (κ2) is 6.08. The molecule has 3 rings (SSSR count). The van der Waals surface area contributed by atoms with Crippen LogP contribution in [0.5, 0.6) is 0 Å². The van der Waals surface area contributed by atoms with Crippen LogP contribution < -0.4 is 0 Å². The van der Waals surface area contributed by atoms with Gasteiger partial charge in [-0.2, -0.15) is 0 Å². The van der Waals surface area contributed by atoms with E-state index in [1.54, 1.807) is 12.4 Å². The fraction of sp³-hybridized carbons (Fsp3) is 0.333. The van der Waals surface area contributed by atoms with Gasteiger partial charge < -0.3 is 5.11 Å². The summed E-state index contributed by atoms with van der Waals surface area (Å²) in [4.78, 5) is 15.7. The molecule has 1 aromatic heterocycles. The number of fused-ring (bicyclic) bond motifs is 1. The zero-order chi connectivity index (χ0) is 14.7. The lowest BCUT2D eigenvalue weighted by atomic mass is 9.86. The molecule has 108 valence electrons. The van der Waals surface area contributed by atoms with Crippen LogP contribution in [-0.2, 0) is 24.1 Å². The maximum Gasteiger partial charge on any atom is 0.311 e. The summed E-state index contributed by atoms with van der Waals surface area (Å²) in [5, 5.41) is 9.57. The van der Waals surface area contributed by atoms with Crippen LogP contribution in [0.1, 0.15) is 41.0 Å². The number of rotatable bonds is 4. The van der Waals surface area contributed by atoms with Crippen molar-refractivity contribution in [3.8, 4) is 0 Å². The van der Waals surface area contributed by atoms with Gasteiger partial charge in [-0.1, -0.05) is 24.3 Å². The molecule has 1 heterocycles. The molecule has 3 heteroatoms. The van der Waals surface area contributed by atoms with Gasteiger partial charge in [0, 0.05) is 12.4 Å². The first-order valence-electron chi connectivity index (χ1n) is 7.47. The summed E-state index contributed by atoms with van der Waals surface area (Å²) in [6, 6.07) is 9.98. The monoisotopic (exact) mass is 281 g/mol. The van der Waals surface area contributed by atoms with Gasteiger partial charge in [0.15, 0.2) is 0 Å². The topological polar surface area (TPSA) is 50.2 Å². The van der Waals surface area contributed by atoms with Crippen molar-refractivity contribution >= 4 is 5.97 Å². The van der Waals surface area contributed by atoms with Crippen molar-refractivity contribution in [1.29, 1.82) is 0 Å². The van der Waals surface area contributed by atoms with E-state index < -0.39 is 11.9 Å². The Morgan fingerprint density at radius 3 is 2.71 bits per heavy atom. The largest absolute Gasteiger partial charge is 0.481 e. The van der Waals surface area contributed by atoms with Gasteiger partial charge in [0.05, 0.1) is 5.92 Å². The summed E-state index contributed by atoms with van der Waals surface area (Å²) in [6.07, 6.45) is 8.58. The zero-order valence-electron chi connectivity index (χ0n) is 12.0. The van der Waals surface area contributed by atoms with Crippen molar-refractivity contribution in [3.05, 3.63) is 65.0 Å². The predicted octanol–water partition coefficient (Wildman–Crippen LogP) is 3.37. The number of aliphatic carboxylic acids is 1. The van der Waals surface area contributed by atoms with E-state index in [1.807, 2.05) is 18.2 Å². The molecule has 0 radical (unpaired) electrons. The van der Waals surface area contributed by atoms with Crippen molar-refractivity contribution in [2.45, 2.75) is 38.0 Å². The van der Waals surface area contributed by atoms with E-state index in [1.165, 1.54) is 24.0 Å². The third-order valence-corrected chi connectivity index (χ3v) is 4.24. The van der Waals surface area contributed by atoms with Crippen molar-refractivity contribution in [2.24, 2.45) is 0 Å². The van der Waals surface area contributed by atoms with Crippen molar-refractivity contribution in [3.63, 3.8) is 0 Å². The Morgan fingerprint density at radius 2 is 2.00 bits per heavy atom. The molecule has 0 amide bonds. The highest BCUT2D eigenvalue weighted by molar-refractivity contribution is 5.76. The smallest absolute Gasteiger partial charge is 0.311 e. The first-order valence-corrected chi connectivity index (χ1v) is 7.47. The molecule has 0 saturated carbocycles. The molecular formula is C18H19NO2. The SMILES string of the molecule is O=C(O)C(Cc1cccnc1)c1ccc2c(c1)CCCC2. The molecule has 1 aliphatic carbocycles. The molecule has 1 N–H and O–H groups in total. The van der Waals surface area contributed by atoms with Gasteiger partial charge in [-0.05, 0) is 60.4 Å². The average Bonchev–Trinajstić information content (AvgIpc) is 2.53. The lowest BCUT2D eigenvalue weighted by Crippen LogP contribution is -2.15. The van der Waals surface area contributed by atoms with Gasteiger partial charge in [-0.3, -0.25) is 9.78 Å². The van der Waals surface area contributed by atoms with Crippen molar-refractivity contribution < 1.29 is 9.90 Å². The highest BCUT2D eigenvalue weighted by atomic mass is 16.4. The van der Waals surface area contributed by atoms with Crippen LogP contribution >= 0.6 is 0 Å². The number of nitrogens with zero attached hydrogens (tertiary/aromatic N) is 1. The van der Waals surface area contributed by atoms with E-state index in [9.17, 15) is 9.90 Å².